The molecule has 2 aromatic heterocycles. The van der Waals surface area contributed by atoms with Crippen LogP contribution in [0, 0.1) is 5.92 Å². The molecule has 0 aliphatic heterocycles. The molecule has 1 aliphatic carbocycles. The number of carbonyl (C=O) groups excluding carboxylic acids is 1. The zero-order valence-corrected chi connectivity index (χ0v) is 17.2. The van der Waals surface area contributed by atoms with Crippen LogP contribution < -0.4 is 10.1 Å². The summed E-state index contributed by atoms with van der Waals surface area (Å²) in [6.07, 6.45) is 8.30. The molecule has 0 bridgehead atoms. The van der Waals surface area contributed by atoms with Crippen LogP contribution >= 0.6 is 0 Å². The van der Waals surface area contributed by atoms with Crippen molar-refractivity contribution >= 4 is 5.91 Å². The standard InChI is InChI=1S/C23H26N4O3/c1-15(2)20(23-26-21(27-30-23)17-6-5-13-24-14-17)25-22(28)16-9-11-19(12-10-16)29-18-7-3-4-8-18/h5-6,9-15,18,20H,3-4,7-8H2,1-2H3,(H,25,28). The van der Waals surface area contributed by atoms with Gasteiger partial charge in [-0.1, -0.05) is 19.0 Å². The summed E-state index contributed by atoms with van der Waals surface area (Å²) in [4.78, 5) is 21.4. The molecule has 0 saturated heterocycles. The molecule has 3 aromatic rings. The van der Waals surface area contributed by atoms with E-state index in [9.17, 15) is 4.79 Å². The number of ether oxygens (including phenoxy) is 1. The average Bonchev–Trinajstić information content (AvgIpc) is 3.45. The van der Waals surface area contributed by atoms with Gasteiger partial charge in [-0.15, -0.1) is 0 Å². The molecule has 0 radical (unpaired) electrons. The second kappa shape index (κ2) is 9.07. The second-order valence-electron chi connectivity index (χ2n) is 7.94. The predicted octanol–water partition coefficient (Wildman–Crippen LogP) is 4.58. The highest BCUT2D eigenvalue weighted by atomic mass is 16.5. The summed E-state index contributed by atoms with van der Waals surface area (Å²) in [5.74, 6) is 1.50. The van der Waals surface area contributed by atoms with Crippen molar-refractivity contribution in [1.29, 1.82) is 0 Å². The lowest BCUT2D eigenvalue weighted by atomic mass is 10.0. The van der Waals surface area contributed by atoms with Crippen LogP contribution in [0.5, 0.6) is 5.75 Å². The first-order valence-corrected chi connectivity index (χ1v) is 10.4. The molecule has 1 atom stereocenters. The molecule has 156 valence electrons. The van der Waals surface area contributed by atoms with Crippen molar-refractivity contribution in [3.63, 3.8) is 0 Å². The Hall–Kier alpha value is -3.22. The minimum atomic E-state index is -0.398. The van der Waals surface area contributed by atoms with Gasteiger partial charge in [0.1, 0.15) is 11.8 Å². The van der Waals surface area contributed by atoms with Crippen LogP contribution in [0.25, 0.3) is 11.4 Å². The first kappa shape index (κ1) is 20.1. The molecule has 0 spiro atoms. The Kier molecular flexibility index (Phi) is 6.07. The van der Waals surface area contributed by atoms with Gasteiger partial charge in [0.2, 0.25) is 11.7 Å². The second-order valence-corrected chi connectivity index (χ2v) is 7.94. The Morgan fingerprint density at radius 1 is 1.17 bits per heavy atom. The predicted molar refractivity (Wildman–Crippen MR) is 112 cm³/mol. The van der Waals surface area contributed by atoms with Crippen molar-refractivity contribution in [2.75, 3.05) is 0 Å². The molecule has 1 N–H and O–H groups in total. The molecule has 1 aromatic carbocycles. The largest absolute Gasteiger partial charge is 0.490 e. The summed E-state index contributed by atoms with van der Waals surface area (Å²) in [7, 11) is 0. The molecule has 1 saturated carbocycles. The highest BCUT2D eigenvalue weighted by molar-refractivity contribution is 5.94. The van der Waals surface area contributed by atoms with Gasteiger partial charge in [0.15, 0.2) is 0 Å². The molecule has 2 heterocycles. The zero-order chi connectivity index (χ0) is 20.9. The van der Waals surface area contributed by atoms with Crippen molar-refractivity contribution in [3.8, 4) is 17.1 Å². The molecule has 1 unspecified atom stereocenters. The Morgan fingerprint density at radius 3 is 2.60 bits per heavy atom. The quantitative estimate of drug-likeness (QED) is 0.618. The minimum Gasteiger partial charge on any atom is -0.490 e. The van der Waals surface area contributed by atoms with E-state index in [0.29, 0.717) is 23.4 Å². The number of nitrogens with one attached hydrogen (secondary N) is 1. The highest BCUT2D eigenvalue weighted by Gasteiger charge is 2.25. The van der Waals surface area contributed by atoms with Crippen molar-refractivity contribution in [2.45, 2.75) is 51.7 Å². The number of carbonyl (C=O) groups is 1. The topological polar surface area (TPSA) is 90.1 Å². The molecule has 7 heteroatoms. The van der Waals surface area contributed by atoms with Crippen molar-refractivity contribution in [3.05, 3.63) is 60.2 Å². The van der Waals surface area contributed by atoms with Crippen LogP contribution in [-0.4, -0.2) is 27.1 Å². The summed E-state index contributed by atoms with van der Waals surface area (Å²) < 4.78 is 11.4. The lowest BCUT2D eigenvalue weighted by Gasteiger charge is -2.19. The van der Waals surface area contributed by atoms with E-state index in [1.54, 1.807) is 24.5 Å². The molecule has 1 amide bonds. The van der Waals surface area contributed by atoms with Crippen LogP contribution in [0.3, 0.4) is 0 Å². The SMILES string of the molecule is CC(C)C(NC(=O)c1ccc(OC2CCCC2)cc1)c1nc(-c2cccnc2)no1. The number of amides is 1. The zero-order valence-electron chi connectivity index (χ0n) is 17.2. The van der Waals surface area contributed by atoms with Crippen LogP contribution in [0.1, 0.15) is 61.8 Å². The third-order valence-corrected chi connectivity index (χ3v) is 5.30. The van der Waals surface area contributed by atoms with Gasteiger partial charge in [-0.25, -0.2) is 0 Å². The molecular formula is C23H26N4O3. The van der Waals surface area contributed by atoms with Gasteiger partial charge in [-0.2, -0.15) is 4.98 Å². The van der Waals surface area contributed by atoms with Crippen LogP contribution in [-0.2, 0) is 0 Å². The van der Waals surface area contributed by atoms with Crippen LogP contribution in [0.2, 0.25) is 0 Å². The first-order chi connectivity index (χ1) is 14.6. The smallest absolute Gasteiger partial charge is 0.251 e. The average molecular weight is 406 g/mol. The maximum Gasteiger partial charge on any atom is 0.251 e. The summed E-state index contributed by atoms with van der Waals surface area (Å²) in [6, 6.07) is 10.5. The maximum absolute atomic E-state index is 12.8. The fourth-order valence-corrected chi connectivity index (χ4v) is 3.60. The number of rotatable bonds is 7. The molecule has 30 heavy (non-hydrogen) atoms. The Balaban J connectivity index is 1.44. The van der Waals surface area contributed by atoms with Gasteiger partial charge in [-0.3, -0.25) is 9.78 Å². The van der Waals surface area contributed by atoms with Crippen molar-refractivity contribution in [2.24, 2.45) is 5.92 Å². The van der Waals surface area contributed by atoms with E-state index in [2.05, 4.69) is 20.4 Å². The summed E-state index contributed by atoms with van der Waals surface area (Å²) in [6.45, 7) is 3.99. The Labute approximate surface area is 175 Å². The van der Waals surface area contributed by atoms with Crippen molar-refractivity contribution in [1.82, 2.24) is 20.4 Å². The number of hydrogen-bond donors (Lipinski definition) is 1. The van der Waals surface area contributed by atoms with E-state index in [0.717, 1.165) is 24.2 Å². The van der Waals surface area contributed by atoms with Gasteiger partial charge in [0, 0.05) is 23.5 Å². The third kappa shape index (κ3) is 4.67. The fourth-order valence-electron chi connectivity index (χ4n) is 3.60. The van der Waals surface area contributed by atoms with Gasteiger partial charge < -0.3 is 14.6 Å². The van der Waals surface area contributed by atoms with E-state index in [1.807, 2.05) is 38.1 Å². The van der Waals surface area contributed by atoms with Gasteiger partial charge >= 0.3 is 0 Å². The van der Waals surface area contributed by atoms with E-state index < -0.39 is 6.04 Å². The van der Waals surface area contributed by atoms with E-state index >= 15 is 0 Å². The molecule has 1 fully saturated rings. The molecule has 1 aliphatic rings. The number of hydrogen-bond acceptors (Lipinski definition) is 6. The maximum atomic E-state index is 12.8. The van der Waals surface area contributed by atoms with Gasteiger partial charge in [-0.05, 0) is 68.0 Å². The van der Waals surface area contributed by atoms with Crippen molar-refractivity contribution < 1.29 is 14.1 Å². The Bertz CT molecular complexity index is 964. The normalized spacial score (nSPS) is 15.3. The van der Waals surface area contributed by atoms with Gasteiger partial charge in [0.25, 0.3) is 5.91 Å². The minimum absolute atomic E-state index is 0.0705. The fraction of sp³-hybridized carbons (Fsp3) is 0.391. The van der Waals surface area contributed by atoms with Gasteiger partial charge in [0.05, 0.1) is 6.10 Å². The third-order valence-electron chi connectivity index (χ3n) is 5.30. The van der Waals surface area contributed by atoms with E-state index in [4.69, 9.17) is 9.26 Å². The number of aromatic nitrogens is 3. The van der Waals surface area contributed by atoms with E-state index in [-0.39, 0.29) is 11.8 Å². The lowest BCUT2D eigenvalue weighted by molar-refractivity contribution is 0.0914. The highest BCUT2D eigenvalue weighted by Crippen LogP contribution is 2.26. The van der Waals surface area contributed by atoms with E-state index in [1.165, 1.54) is 12.8 Å². The molecule has 4 rings (SSSR count). The summed E-state index contributed by atoms with van der Waals surface area (Å²) >= 11 is 0. The van der Waals surface area contributed by atoms with Crippen LogP contribution in [0.4, 0.5) is 0 Å². The van der Waals surface area contributed by atoms with Crippen LogP contribution in [0.15, 0.2) is 53.3 Å². The molecular weight excluding hydrogens is 380 g/mol. The molecule has 7 nitrogen and oxygen atoms in total. The monoisotopic (exact) mass is 406 g/mol. The lowest BCUT2D eigenvalue weighted by Crippen LogP contribution is -2.32. The Morgan fingerprint density at radius 2 is 1.93 bits per heavy atom. The first-order valence-electron chi connectivity index (χ1n) is 10.4. The number of nitrogens with zero attached hydrogens (tertiary/aromatic N) is 3. The number of pyridine rings is 1. The summed E-state index contributed by atoms with van der Waals surface area (Å²) in [5, 5.41) is 7.05. The summed E-state index contributed by atoms with van der Waals surface area (Å²) in [5.41, 5.74) is 1.32. The number of benzene rings is 1.